The summed E-state index contributed by atoms with van der Waals surface area (Å²) < 4.78 is 5.42. The summed E-state index contributed by atoms with van der Waals surface area (Å²) in [4.78, 5) is 17.4. The summed E-state index contributed by atoms with van der Waals surface area (Å²) in [6.45, 7) is 3.66. The fourth-order valence-corrected chi connectivity index (χ4v) is 4.71. The lowest BCUT2D eigenvalue weighted by atomic mass is 9.77. The smallest absolute Gasteiger partial charge is 0.320 e. The lowest BCUT2D eigenvalue weighted by Crippen LogP contribution is -2.52. The number of hydrogen-bond acceptors (Lipinski definition) is 2. The molecule has 2 aliphatic heterocycles. The molecule has 1 aromatic carbocycles. The minimum atomic E-state index is 0.225. The number of hydrogen-bond donors (Lipinski definition) is 0. The molecule has 2 fully saturated rings. The van der Waals surface area contributed by atoms with Gasteiger partial charge in [-0.1, -0.05) is 43.5 Å². The molecule has 3 aliphatic rings. The molecule has 130 valence electrons. The third-order valence-electron chi connectivity index (χ3n) is 5.96. The van der Waals surface area contributed by atoms with Gasteiger partial charge < -0.3 is 14.5 Å². The highest BCUT2D eigenvalue weighted by atomic mass is 16.5. The van der Waals surface area contributed by atoms with E-state index in [-0.39, 0.29) is 12.1 Å². The number of fused-ring (bicyclic) bond motifs is 1. The summed E-state index contributed by atoms with van der Waals surface area (Å²) in [6.07, 6.45) is 7.46. The molecule has 2 amide bonds. The van der Waals surface area contributed by atoms with Gasteiger partial charge in [-0.2, -0.15) is 0 Å². The molecule has 4 nitrogen and oxygen atoms in total. The zero-order valence-corrected chi connectivity index (χ0v) is 14.5. The number of morpholine rings is 1. The van der Waals surface area contributed by atoms with Gasteiger partial charge in [0.1, 0.15) is 0 Å². The van der Waals surface area contributed by atoms with E-state index in [1.807, 2.05) is 4.90 Å². The SMILES string of the molecule is O=C(N1CCOCC1)N1CCc2ccccc2C1C1CCCCC1. The van der Waals surface area contributed by atoms with Crippen LogP contribution in [0, 0.1) is 5.92 Å². The summed E-state index contributed by atoms with van der Waals surface area (Å²) in [5.74, 6) is 0.616. The number of rotatable bonds is 1. The first-order valence-corrected chi connectivity index (χ1v) is 9.55. The molecule has 0 aromatic heterocycles. The van der Waals surface area contributed by atoms with Crippen molar-refractivity contribution in [1.82, 2.24) is 9.80 Å². The van der Waals surface area contributed by atoms with Gasteiger partial charge in [0.05, 0.1) is 19.3 Å². The molecule has 4 heteroatoms. The van der Waals surface area contributed by atoms with Crippen LogP contribution >= 0.6 is 0 Å². The van der Waals surface area contributed by atoms with Crippen LogP contribution in [0.4, 0.5) is 4.79 Å². The molecular formula is C20H28N2O2. The molecule has 4 rings (SSSR count). The first kappa shape index (κ1) is 15.9. The van der Waals surface area contributed by atoms with E-state index in [4.69, 9.17) is 4.74 Å². The molecule has 1 saturated heterocycles. The van der Waals surface area contributed by atoms with Crippen molar-refractivity contribution in [2.45, 2.75) is 44.6 Å². The van der Waals surface area contributed by atoms with Crippen LogP contribution in [0.15, 0.2) is 24.3 Å². The summed E-state index contributed by atoms with van der Waals surface area (Å²) in [5.41, 5.74) is 2.84. The standard InChI is InChI=1S/C20H28N2O2/c23-20(21-12-14-24-15-13-21)22-11-10-16-6-4-5-9-18(16)19(22)17-7-2-1-3-8-17/h4-6,9,17,19H,1-3,7-8,10-15H2. The van der Waals surface area contributed by atoms with Gasteiger partial charge >= 0.3 is 6.03 Å². The molecule has 0 bridgehead atoms. The van der Waals surface area contributed by atoms with Crippen LogP contribution in [0.5, 0.6) is 0 Å². The van der Waals surface area contributed by atoms with Crippen LogP contribution in [0.2, 0.25) is 0 Å². The van der Waals surface area contributed by atoms with E-state index in [0.717, 1.165) is 26.1 Å². The summed E-state index contributed by atoms with van der Waals surface area (Å²) in [5, 5.41) is 0. The summed E-state index contributed by atoms with van der Waals surface area (Å²) in [7, 11) is 0. The van der Waals surface area contributed by atoms with Crippen LogP contribution < -0.4 is 0 Å². The fourth-order valence-electron chi connectivity index (χ4n) is 4.71. The van der Waals surface area contributed by atoms with E-state index < -0.39 is 0 Å². The summed E-state index contributed by atoms with van der Waals surface area (Å²) in [6, 6.07) is 9.27. The molecule has 24 heavy (non-hydrogen) atoms. The Bertz CT molecular complexity index is 577. The van der Waals surface area contributed by atoms with Gasteiger partial charge in [-0.3, -0.25) is 0 Å². The highest BCUT2D eigenvalue weighted by Gasteiger charge is 2.38. The second kappa shape index (κ2) is 7.14. The van der Waals surface area contributed by atoms with Gasteiger partial charge in [-0.05, 0) is 36.3 Å². The Kier molecular flexibility index (Phi) is 4.74. The van der Waals surface area contributed by atoms with E-state index in [1.165, 1.54) is 43.2 Å². The van der Waals surface area contributed by atoms with Crippen LogP contribution in [0.1, 0.15) is 49.3 Å². The van der Waals surface area contributed by atoms with E-state index in [2.05, 4.69) is 29.2 Å². The van der Waals surface area contributed by atoms with Gasteiger partial charge in [-0.25, -0.2) is 4.79 Å². The van der Waals surface area contributed by atoms with Crippen LogP contribution in [-0.2, 0) is 11.2 Å². The van der Waals surface area contributed by atoms with E-state index in [1.54, 1.807) is 0 Å². The Labute approximate surface area is 144 Å². The largest absolute Gasteiger partial charge is 0.378 e. The first-order chi connectivity index (χ1) is 11.8. The maximum atomic E-state index is 13.2. The Balaban J connectivity index is 1.63. The zero-order valence-electron chi connectivity index (χ0n) is 14.5. The molecular weight excluding hydrogens is 300 g/mol. The molecule has 1 saturated carbocycles. The van der Waals surface area contributed by atoms with Crippen molar-refractivity contribution in [2.75, 3.05) is 32.8 Å². The second-order valence-electron chi connectivity index (χ2n) is 7.37. The van der Waals surface area contributed by atoms with Crippen molar-refractivity contribution in [2.24, 2.45) is 5.92 Å². The van der Waals surface area contributed by atoms with E-state index in [9.17, 15) is 4.79 Å². The molecule has 2 heterocycles. The Morgan fingerprint density at radius 3 is 2.54 bits per heavy atom. The highest BCUT2D eigenvalue weighted by molar-refractivity contribution is 5.75. The molecule has 1 unspecified atom stereocenters. The first-order valence-electron chi connectivity index (χ1n) is 9.55. The van der Waals surface area contributed by atoms with Crippen molar-refractivity contribution in [1.29, 1.82) is 0 Å². The molecule has 0 spiro atoms. The van der Waals surface area contributed by atoms with Crippen LogP contribution in [0.25, 0.3) is 0 Å². The van der Waals surface area contributed by atoms with Crippen molar-refractivity contribution >= 4 is 6.03 Å². The molecule has 0 radical (unpaired) electrons. The minimum Gasteiger partial charge on any atom is -0.378 e. The maximum absolute atomic E-state index is 13.2. The number of ether oxygens (including phenoxy) is 1. The van der Waals surface area contributed by atoms with E-state index >= 15 is 0 Å². The zero-order chi connectivity index (χ0) is 16.4. The van der Waals surface area contributed by atoms with Crippen molar-refractivity contribution in [3.8, 4) is 0 Å². The average molecular weight is 328 g/mol. The van der Waals surface area contributed by atoms with Crippen molar-refractivity contribution in [3.63, 3.8) is 0 Å². The van der Waals surface area contributed by atoms with Crippen LogP contribution in [-0.4, -0.2) is 48.7 Å². The fraction of sp³-hybridized carbons (Fsp3) is 0.650. The Hall–Kier alpha value is -1.55. The number of carbonyl (C=O) groups is 1. The predicted octanol–water partition coefficient (Wildman–Crippen LogP) is 3.62. The minimum absolute atomic E-state index is 0.225. The number of urea groups is 1. The van der Waals surface area contributed by atoms with Crippen molar-refractivity contribution in [3.05, 3.63) is 35.4 Å². The van der Waals surface area contributed by atoms with Gasteiger partial charge in [0.2, 0.25) is 0 Å². The van der Waals surface area contributed by atoms with Gasteiger partial charge in [0, 0.05) is 19.6 Å². The number of benzene rings is 1. The molecule has 1 atom stereocenters. The Morgan fingerprint density at radius 1 is 1.00 bits per heavy atom. The number of carbonyl (C=O) groups excluding carboxylic acids is 1. The highest BCUT2D eigenvalue weighted by Crippen LogP contribution is 2.42. The molecule has 0 N–H and O–H groups in total. The Morgan fingerprint density at radius 2 is 1.75 bits per heavy atom. The van der Waals surface area contributed by atoms with Gasteiger partial charge in [0.25, 0.3) is 0 Å². The third kappa shape index (κ3) is 3.04. The normalized spacial score (nSPS) is 25.4. The summed E-state index contributed by atoms with van der Waals surface area (Å²) >= 11 is 0. The van der Waals surface area contributed by atoms with E-state index in [0.29, 0.717) is 19.1 Å². The topological polar surface area (TPSA) is 32.8 Å². The van der Waals surface area contributed by atoms with Crippen LogP contribution in [0.3, 0.4) is 0 Å². The number of amides is 2. The molecule has 1 aliphatic carbocycles. The van der Waals surface area contributed by atoms with Crippen molar-refractivity contribution < 1.29 is 9.53 Å². The second-order valence-corrected chi connectivity index (χ2v) is 7.37. The third-order valence-corrected chi connectivity index (χ3v) is 5.96. The van der Waals surface area contributed by atoms with Gasteiger partial charge in [-0.15, -0.1) is 0 Å². The number of nitrogens with zero attached hydrogens (tertiary/aromatic N) is 2. The lowest BCUT2D eigenvalue weighted by molar-refractivity contribution is 0.0317. The predicted molar refractivity (Wildman–Crippen MR) is 94.0 cm³/mol. The molecule has 1 aromatic rings. The monoisotopic (exact) mass is 328 g/mol. The quantitative estimate of drug-likeness (QED) is 0.789. The van der Waals surface area contributed by atoms with Gasteiger partial charge in [0.15, 0.2) is 0 Å². The lowest BCUT2D eigenvalue weighted by Gasteiger charge is -2.45. The maximum Gasteiger partial charge on any atom is 0.320 e. The average Bonchev–Trinajstić information content (AvgIpc) is 2.68.